The van der Waals surface area contributed by atoms with Crippen LogP contribution < -0.4 is 4.74 Å². The molecule has 0 atom stereocenters. The Morgan fingerprint density at radius 1 is 1.24 bits per heavy atom. The fourth-order valence-electron chi connectivity index (χ4n) is 1.41. The minimum absolute atomic E-state index is 0.0227. The highest BCUT2D eigenvalue weighted by molar-refractivity contribution is 6.29. The minimum Gasteiger partial charge on any atom is -0.432 e. The first kappa shape index (κ1) is 15.0. The van der Waals surface area contributed by atoms with Crippen molar-refractivity contribution in [2.75, 3.05) is 0 Å². The lowest BCUT2D eigenvalue weighted by Crippen LogP contribution is -2.06. The first-order valence-corrected chi connectivity index (χ1v) is 5.66. The van der Waals surface area contributed by atoms with Crippen molar-refractivity contribution in [3.05, 3.63) is 51.4 Å². The Kier molecular flexibility index (Phi) is 3.94. The summed E-state index contributed by atoms with van der Waals surface area (Å²) in [5, 5.41) is 10.9. The zero-order valence-electron chi connectivity index (χ0n) is 9.96. The summed E-state index contributed by atoms with van der Waals surface area (Å²) in [4.78, 5) is 17.1. The molecule has 2 aromatic rings. The number of aromatic nitrogens is 2. The molecule has 110 valence electrons. The molecule has 1 heterocycles. The van der Waals surface area contributed by atoms with Crippen LogP contribution in [0.25, 0.3) is 0 Å². The number of nitro groups is 1. The van der Waals surface area contributed by atoms with Crippen LogP contribution in [0.15, 0.2) is 30.6 Å². The largest absolute Gasteiger partial charge is 0.432 e. The number of rotatable bonds is 3. The molecule has 1 aromatic carbocycles. The molecule has 1 aromatic heterocycles. The van der Waals surface area contributed by atoms with Gasteiger partial charge in [0.1, 0.15) is 11.5 Å². The Balaban J connectivity index is 2.42. The second kappa shape index (κ2) is 5.52. The van der Waals surface area contributed by atoms with Crippen LogP contribution in [0.2, 0.25) is 5.15 Å². The van der Waals surface area contributed by atoms with Crippen LogP contribution in [0.3, 0.4) is 0 Å². The Labute approximate surface area is 120 Å². The van der Waals surface area contributed by atoms with E-state index >= 15 is 0 Å². The van der Waals surface area contributed by atoms with Crippen LogP contribution in [0, 0.1) is 10.1 Å². The van der Waals surface area contributed by atoms with Crippen LogP contribution in [0.1, 0.15) is 5.56 Å². The third-order valence-corrected chi connectivity index (χ3v) is 2.51. The van der Waals surface area contributed by atoms with Gasteiger partial charge in [-0.05, 0) is 12.1 Å². The first-order chi connectivity index (χ1) is 9.77. The summed E-state index contributed by atoms with van der Waals surface area (Å²) < 4.78 is 42.7. The fourth-order valence-corrected chi connectivity index (χ4v) is 1.55. The quantitative estimate of drug-likeness (QED) is 0.488. The average molecular weight is 320 g/mol. The van der Waals surface area contributed by atoms with Crippen molar-refractivity contribution in [2.24, 2.45) is 0 Å². The summed E-state index contributed by atoms with van der Waals surface area (Å²) in [6, 6.07) is 3.07. The van der Waals surface area contributed by atoms with Crippen LogP contribution >= 0.6 is 11.6 Å². The number of benzene rings is 1. The normalized spacial score (nSPS) is 11.2. The van der Waals surface area contributed by atoms with Gasteiger partial charge in [-0.3, -0.25) is 10.1 Å². The Morgan fingerprint density at radius 2 is 1.95 bits per heavy atom. The second-order valence-corrected chi connectivity index (χ2v) is 4.11. The van der Waals surface area contributed by atoms with Crippen molar-refractivity contribution in [1.29, 1.82) is 0 Å². The van der Waals surface area contributed by atoms with Crippen molar-refractivity contribution in [2.45, 2.75) is 6.18 Å². The molecule has 6 nitrogen and oxygen atoms in total. The number of hydrogen-bond donors (Lipinski definition) is 0. The van der Waals surface area contributed by atoms with Crippen molar-refractivity contribution >= 4 is 17.3 Å². The number of alkyl halides is 3. The van der Waals surface area contributed by atoms with Gasteiger partial charge in [0, 0.05) is 12.1 Å². The molecule has 0 N–H and O–H groups in total. The summed E-state index contributed by atoms with van der Waals surface area (Å²) in [5.74, 6) is -0.513. The van der Waals surface area contributed by atoms with E-state index in [1.807, 2.05) is 0 Å². The highest BCUT2D eigenvalue weighted by atomic mass is 35.5. The molecule has 0 spiro atoms. The van der Waals surface area contributed by atoms with Gasteiger partial charge in [0.15, 0.2) is 0 Å². The third-order valence-electron chi connectivity index (χ3n) is 2.31. The molecule has 0 radical (unpaired) electrons. The van der Waals surface area contributed by atoms with E-state index in [2.05, 4.69) is 9.97 Å². The first-order valence-electron chi connectivity index (χ1n) is 5.28. The third kappa shape index (κ3) is 3.57. The summed E-state index contributed by atoms with van der Waals surface area (Å²) >= 11 is 5.58. The molecule has 0 bridgehead atoms. The van der Waals surface area contributed by atoms with Gasteiger partial charge in [-0.2, -0.15) is 13.2 Å². The Morgan fingerprint density at radius 3 is 2.52 bits per heavy atom. The van der Waals surface area contributed by atoms with Crippen LogP contribution in [-0.4, -0.2) is 14.9 Å². The standard InChI is InChI=1S/C11H5ClF3N3O3/c12-9-4-10(17-5-16-9)21-8-2-1-6(11(13,14)15)3-7(8)18(19)20/h1-5H. The topological polar surface area (TPSA) is 78.2 Å². The molecule has 0 saturated heterocycles. The monoisotopic (exact) mass is 319 g/mol. The van der Waals surface area contributed by atoms with Crippen LogP contribution in [0.5, 0.6) is 11.6 Å². The average Bonchev–Trinajstić information content (AvgIpc) is 2.37. The van der Waals surface area contributed by atoms with Crippen molar-refractivity contribution in [3.8, 4) is 11.6 Å². The van der Waals surface area contributed by atoms with Gasteiger partial charge in [-0.1, -0.05) is 11.6 Å². The maximum atomic E-state index is 12.5. The number of hydrogen-bond acceptors (Lipinski definition) is 5. The van der Waals surface area contributed by atoms with Gasteiger partial charge in [-0.25, -0.2) is 9.97 Å². The van der Waals surface area contributed by atoms with Gasteiger partial charge in [0.25, 0.3) is 0 Å². The lowest BCUT2D eigenvalue weighted by atomic mass is 10.2. The van der Waals surface area contributed by atoms with E-state index in [0.717, 1.165) is 12.4 Å². The van der Waals surface area contributed by atoms with Crippen molar-refractivity contribution in [3.63, 3.8) is 0 Å². The summed E-state index contributed by atoms with van der Waals surface area (Å²) in [5.41, 5.74) is -1.98. The molecular formula is C11H5ClF3N3O3. The molecule has 21 heavy (non-hydrogen) atoms. The van der Waals surface area contributed by atoms with E-state index in [1.54, 1.807) is 0 Å². The number of nitro benzene ring substituents is 1. The highest BCUT2D eigenvalue weighted by Crippen LogP contribution is 2.37. The molecule has 0 saturated carbocycles. The lowest BCUT2D eigenvalue weighted by Gasteiger charge is -2.09. The van der Waals surface area contributed by atoms with Crippen LogP contribution in [-0.2, 0) is 6.18 Å². The molecule has 10 heteroatoms. The Hall–Kier alpha value is -2.42. The molecular weight excluding hydrogens is 315 g/mol. The fraction of sp³-hybridized carbons (Fsp3) is 0.0909. The SMILES string of the molecule is O=[N+]([O-])c1cc(C(F)(F)F)ccc1Oc1cc(Cl)ncn1. The van der Waals surface area contributed by atoms with E-state index < -0.39 is 22.4 Å². The molecule has 2 rings (SSSR count). The van der Waals surface area contributed by atoms with Gasteiger partial charge in [0.05, 0.1) is 10.5 Å². The molecule has 0 unspecified atom stereocenters. The van der Waals surface area contributed by atoms with Crippen molar-refractivity contribution in [1.82, 2.24) is 9.97 Å². The van der Waals surface area contributed by atoms with Gasteiger partial charge in [0.2, 0.25) is 11.6 Å². The van der Waals surface area contributed by atoms with Gasteiger partial charge >= 0.3 is 11.9 Å². The smallest absolute Gasteiger partial charge is 0.416 e. The molecule has 0 fully saturated rings. The van der Waals surface area contributed by atoms with E-state index in [4.69, 9.17) is 16.3 Å². The minimum atomic E-state index is -4.69. The predicted molar refractivity (Wildman–Crippen MR) is 65.2 cm³/mol. The van der Waals surface area contributed by atoms with Crippen molar-refractivity contribution < 1.29 is 22.8 Å². The second-order valence-electron chi connectivity index (χ2n) is 3.72. The zero-order chi connectivity index (χ0) is 15.6. The zero-order valence-corrected chi connectivity index (χ0v) is 10.7. The van der Waals surface area contributed by atoms with E-state index in [0.29, 0.717) is 12.1 Å². The highest BCUT2D eigenvalue weighted by Gasteiger charge is 2.33. The number of ether oxygens (including phenoxy) is 1. The Bertz CT molecular complexity index is 694. The summed E-state index contributed by atoms with van der Waals surface area (Å²) in [7, 11) is 0. The van der Waals surface area contributed by atoms with Crippen LogP contribution in [0.4, 0.5) is 18.9 Å². The van der Waals surface area contributed by atoms with E-state index in [-0.39, 0.29) is 16.8 Å². The maximum absolute atomic E-state index is 12.5. The molecule has 0 aliphatic carbocycles. The van der Waals surface area contributed by atoms with Gasteiger partial charge in [-0.15, -0.1) is 0 Å². The predicted octanol–water partition coefficient (Wildman–Crippen LogP) is 3.85. The molecule has 0 aliphatic rings. The van der Waals surface area contributed by atoms with Gasteiger partial charge < -0.3 is 4.74 Å². The molecule has 0 amide bonds. The maximum Gasteiger partial charge on any atom is 0.416 e. The number of halogens is 4. The number of nitrogens with zero attached hydrogens (tertiary/aromatic N) is 3. The van der Waals surface area contributed by atoms with E-state index in [9.17, 15) is 23.3 Å². The lowest BCUT2D eigenvalue weighted by molar-refractivity contribution is -0.385. The summed E-state index contributed by atoms with van der Waals surface area (Å²) in [6.45, 7) is 0. The van der Waals surface area contributed by atoms with E-state index in [1.165, 1.54) is 6.07 Å². The molecule has 0 aliphatic heterocycles. The summed E-state index contributed by atoms with van der Waals surface area (Å²) in [6.07, 6.45) is -3.64.